The average Bonchev–Trinajstić information content (AvgIpc) is 3.47. The minimum absolute atomic E-state index is 0.0698. The van der Waals surface area contributed by atoms with E-state index >= 15 is 0 Å². The minimum atomic E-state index is -1.06. The molecule has 1 aromatic heterocycles. The van der Waals surface area contributed by atoms with Crippen molar-refractivity contribution in [3.05, 3.63) is 47.3 Å². The summed E-state index contributed by atoms with van der Waals surface area (Å²) in [6.07, 6.45) is 5.76. The molecule has 0 bridgehead atoms. The first-order valence-corrected chi connectivity index (χ1v) is 12.5. The fourth-order valence-corrected chi connectivity index (χ4v) is 5.52. The highest BCUT2D eigenvalue weighted by molar-refractivity contribution is 7.99. The smallest absolute Gasteiger partial charge is 0.322 e. The van der Waals surface area contributed by atoms with Crippen molar-refractivity contribution >= 4 is 29.6 Å². The van der Waals surface area contributed by atoms with Gasteiger partial charge in [-0.1, -0.05) is 54.9 Å². The molecule has 1 unspecified atom stereocenters. The van der Waals surface area contributed by atoms with Crippen LogP contribution in [-0.2, 0) is 16.0 Å². The van der Waals surface area contributed by atoms with Gasteiger partial charge in [-0.25, -0.2) is 9.78 Å². The molecule has 4 rings (SSSR count). The lowest BCUT2D eigenvalue weighted by Crippen LogP contribution is -2.49. The number of amides is 4. The molecule has 4 amide bonds. The molecular weight excluding hydrogens is 438 g/mol. The number of aryl methyl sites for hydroxylation is 2. The fraction of sp³-hybridized carbons (Fsp3) is 0.500. The van der Waals surface area contributed by atoms with Crippen LogP contribution in [0.4, 0.5) is 4.79 Å². The molecule has 1 atom stereocenters. The third-order valence-electron chi connectivity index (χ3n) is 6.63. The normalized spacial score (nSPS) is 21.0. The summed E-state index contributed by atoms with van der Waals surface area (Å²) >= 11 is 1.34. The van der Waals surface area contributed by atoms with E-state index in [4.69, 9.17) is 0 Å². The van der Waals surface area contributed by atoms with E-state index < -0.39 is 23.4 Å². The number of hydrazine groups is 1. The first-order valence-electron chi connectivity index (χ1n) is 11.5. The van der Waals surface area contributed by atoms with E-state index in [1.54, 1.807) is 6.92 Å². The molecule has 2 N–H and O–H groups in total. The van der Waals surface area contributed by atoms with E-state index in [0.717, 1.165) is 40.0 Å². The number of nitrogens with zero attached hydrogens (tertiary/aromatic N) is 3. The highest BCUT2D eigenvalue weighted by Crippen LogP contribution is 2.35. The standard InChI is InChI=1S/C24H31N5O3S/c1-16-17(2)28(19-11-7-8-12-19)23(25-16)33-15-20(30)27-29-21(31)24(3,26-22(29)32)14-13-18-9-5-4-6-10-18/h4-6,9-10,19H,7-8,11-15H2,1-3H3,(H,26,32)(H,27,30). The quantitative estimate of drug-likeness (QED) is 0.454. The van der Waals surface area contributed by atoms with Crippen molar-refractivity contribution in [1.82, 2.24) is 25.3 Å². The molecule has 2 fully saturated rings. The van der Waals surface area contributed by atoms with E-state index in [1.165, 1.54) is 24.6 Å². The molecule has 2 aromatic rings. The highest BCUT2D eigenvalue weighted by atomic mass is 32.2. The number of imidazole rings is 1. The zero-order chi connectivity index (χ0) is 23.6. The third-order valence-corrected chi connectivity index (χ3v) is 7.58. The predicted molar refractivity (Wildman–Crippen MR) is 127 cm³/mol. The largest absolute Gasteiger partial charge is 0.344 e. The molecule has 0 spiro atoms. The lowest BCUT2D eigenvalue weighted by molar-refractivity contribution is -0.138. The number of urea groups is 1. The maximum absolute atomic E-state index is 12.9. The number of benzene rings is 1. The van der Waals surface area contributed by atoms with Gasteiger partial charge in [0, 0.05) is 11.7 Å². The van der Waals surface area contributed by atoms with Crippen LogP contribution in [0.3, 0.4) is 0 Å². The monoisotopic (exact) mass is 469 g/mol. The van der Waals surface area contributed by atoms with Crippen LogP contribution in [0.15, 0.2) is 35.5 Å². The van der Waals surface area contributed by atoms with E-state index in [-0.39, 0.29) is 5.75 Å². The predicted octanol–water partition coefficient (Wildman–Crippen LogP) is 3.68. The van der Waals surface area contributed by atoms with Gasteiger partial charge in [0.15, 0.2) is 5.16 Å². The van der Waals surface area contributed by atoms with Gasteiger partial charge in [0.25, 0.3) is 5.91 Å². The number of imide groups is 1. The van der Waals surface area contributed by atoms with Crippen molar-refractivity contribution in [2.24, 2.45) is 0 Å². The summed E-state index contributed by atoms with van der Waals surface area (Å²) in [5.41, 5.74) is 4.62. The summed E-state index contributed by atoms with van der Waals surface area (Å²) in [6.45, 7) is 5.74. The Kier molecular flexibility index (Phi) is 6.78. The van der Waals surface area contributed by atoms with Crippen LogP contribution in [0.25, 0.3) is 0 Å². The van der Waals surface area contributed by atoms with Gasteiger partial charge < -0.3 is 9.88 Å². The van der Waals surface area contributed by atoms with Crippen LogP contribution in [0.2, 0.25) is 0 Å². The molecule has 176 valence electrons. The summed E-state index contributed by atoms with van der Waals surface area (Å²) in [5, 5.41) is 4.37. The Bertz CT molecular complexity index is 1050. The Morgan fingerprint density at radius 3 is 2.61 bits per heavy atom. The number of carbonyl (C=O) groups is 3. The second-order valence-electron chi connectivity index (χ2n) is 9.09. The average molecular weight is 470 g/mol. The molecule has 1 aliphatic carbocycles. The van der Waals surface area contributed by atoms with Crippen molar-refractivity contribution in [3.8, 4) is 0 Å². The van der Waals surface area contributed by atoms with Crippen molar-refractivity contribution in [2.75, 3.05) is 5.75 Å². The van der Waals surface area contributed by atoms with Gasteiger partial charge in [0.05, 0.1) is 11.4 Å². The molecule has 0 radical (unpaired) electrons. The molecule has 1 saturated carbocycles. The molecular formula is C24H31N5O3S. The number of rotatable bonds is 8. The number of carbonyl (C=O) groups excluding carboxylic acids is 3. The van der Waals surface area contributed by atoms with E-state index in [1.807, 2.05) is 37.3 Å². The number of hydrogen-bond acceptors (Lipinski definition) is 5. The van der Waals surface area contributed by atoms with E-state index in [2.05, 4.69) is 27.2 Å². The minimum Gasteiger partial charge on any atom is -0.322 e. The van der Waals surface area contributed by atoms with Gasteiger partial charge in [0.1, 0.15) is 5.54 Å². The van der Waals surface area contributed by atoms with Gasteiger partial charge in [0.2, 0.25) is 5.91 Å². The zero-order valence-electron chi connectivity index (χ0n) is 19.4. The summed E-state index contributed by atoms with van der Waals surface area (Å²) in [6, 6.07) is 9.61. The molecule has 1 aromatic carbocycles. The maximum atomic E-state index is 12.9. The first kappa shape index (κ1) is 23.4. The van der Waals surface area contributed by atoms with Crippen LogP contribution in [-0.4, -0.2) is 43.7 Å². The van der Waals surface area contributed by atoms with Crippen molar-refractivity contribution in [1.29, 1.82) is 0 Å². The Labute approximate surface area is 198 Å². The van der Waals surface area contributed by atoms with Crippen LogP contribution in [0.1, 0.15) is 62.0 Å². The zero-order valence-corrected chi connectivity index (χ0v) is 20.2. The molecule has 2 aliphatic rings. The van der Waals surface area contributed by atoms with Crippen molar-refractivity contribution < 1.29 is 14.4 Å². The van der Waals surface area contributed by atoms with E-state index in [9.17, 15) is 14.4 Å². The SMILES string of the molecule is Cc1nc(SCC(=O)NN2C(=O)NC(C)(CCc3ccccc3)C2=O)n(C2CCCC2)c1C. The second kappa shape index (κ2) is 9.59. The number of hydrogen-bond donors (Lipinski definition) is 2. The summed E-state index contributed by atoms with van der Waals surface area (Å²) < 4.78 is 2.24. The maximum Gasteiger partial charge on any atom is 0.344 e. The van der Waals surface area contributed by atoms with Gasteiger partial charge in [-0.15, -0.1) is 0 Å². The topological polar surface area (TPSA) is 96.3 Å². The Hall–Kier alpha value is -2.81. The lowest BCUT2D eigenvalue weighted by atomic mass is 9.93. The molecule has 2 heterocycles. The molecule has 9 heteroatoms. The van der Waals surface area contributed by atoms with Gasteiger partial charge in [-0.3, -0.25) is 15.0 Å². The van der Waals surface area contributed by atoms with Gasteiger partial charge in [-0.2, -0.15) is 5.01 Å². The van der Waals surface area contributed by atoms with Crippen molar-refractivity contribution in [3.63, 3.8) is 0 Å². The lowest BCUT2D eigenvalue weighted by Gasteiger charge is -2.21. The molecule has 1 aliphatic heterocycles. The number of aromatic nitrogens is 2. The fourth-order valence-electron chi connectivity index (χ4n) is 4.57. The van der Waals surface area contributed by atoms with Crippen molar-refractivity contribution in [2.45, 2.75) is 76.0 Å². The Morgan fingerprint density at radius 2 is 1.91 bits per heavy atom. The van der Waals surface area contributed by atoms with Crippen LogP contribution < -0.4 is 10.7 Å². The first-order chi connectivity index (χ1) is 15.8. The summed E-state index contributed by atoms with van der Waals surface area (Å²) in [5.74, 6) is -0.784. The second-order valence-corrected chi connectivity index (χ2v) is 10.0. The number of thioether (sulfide) groups is 1. The summed E-state index contributed by atoms with van der Waals surface area (Å²) in [7, 11) is 0. The van der Waals surface area contributed by atoms with Crippen LogP contribution in [0.5, 0.6) is 0 Å². The molecule has 1 saturated heterocycles. The number of nitrogens with one attached hydrogen (secondary N) is 2. The van der Waals surface area contributed by atoms with Gasteiger partial charge >= 0.3 is 6.03 Å². The Balaban J connectivity index is 1.35. The molecule has 33 heavy (non-hydrogen) atoms. The third kappa shape index (κ3) is 4.93. The molecule has 8 nitrogen and oxygen atoms in total. The van der Waals surface area contributed by atoms with Crippen LogP contribution in [0, 0.1) is 13.8 Å². The summed E-state index contributed by atoms with van der Waals surface area (Å²) in [4.78, 5) is 42.7. The highest BCUT2D eigenvalue weighted by Gasteiger charge is 2.48. The van der Waals surface area contributed by atoms with E-state index in [0.29, 0.717) is 18.9 Å². The Morgan fingerprint density at radius 1 is 1.21 bits per heavy atom. The van der Waals surface area contributed by atoms with Gasteiger partial charge in [-0.05, 0) is 52.0 Å². The van der Waals surface area contributed by atoms with Crippen LogP contribution >= 0.6 is 11.8 Å².